The van der Waals surface area contributed by atoms with Crippen molar-refractivity contribution >= 4 is 17.5 Å². The Morgan fingerprint density at radius 2 is 2.00 bits per heavy atom. The summed E-state index contributed by atoms with van der Waals surface area (Å²) in [4.78, 5) is 14.6. The molecule has 1 N–H and O–H groups in total. The summed E-state index contributed by atoms with van der Waals surface area (Å²) < 4.78 is 5.21. The maximum Gasteiger partial charge on any atom is 0.223 e. The van der Waals surface area contributed by atoms with E-state index in [2.05, 4.69) is 23.2 Å². The van der Waals surface area contributed by atoms with Gasteiger partial charge in [0.1, 0.15) is 5.75 Å². The zero-order valence-corrected chi connectivity index (χ0v) is 14.6. The van der Waals surface area contributed by atoms with Crippen molar-refractivity contribution in [3.63, 3.8) is 0 Å². The zero-order valence-electron chi connectivity index (χ0n) is 13.8. The molecule has 4 nitrogen and oxygen atoms in total. The van der Waals surface area contributed by atoms with Gasteiger partial charge in [0.25, 0.3) is 0 Å². The van der Waals surface area contributed by atoms with Crippen LogP contribution in [0.15, 0.2) is 18.2 Å². The molecule has 1 amide bonds. The van der Waals surface area contributed by atoms with Crippen molar-refractivity contribution in [2.75, 3.05) is 20.2 Å². The van der Waals surface area contributed by atoms with Gasteiger partial charge in [0, 0.05) is 18.0 Å². The standard InChI is InChI=1S/C18H25ClN2O2/c1-12(14-3-6-17(23-2)16(19)11-14)21-9-7-13(8-10-21)18(22)20-15-4-5-15/h3,6,11-13,15H,4-5,7-10H2,1-2H3,(H,20,22)/t12-/m1/s1. The number of carbonyl (C=O) groups excluding carboxylic acids is 1. The van der Waals surface area contributed by atoms with Crippen LogP contribution in [0.5, 0.6) is 5.75 Å². The summed E-state index contributed by atoms with van der Waals surface area (Å²) in [7, 11) is 1.63. The van der Waals surface area contributed by atoms with Crippen molar-refractivity contribution in [3.8, 4) is 5.75 Å². The first-order valence-corrected chi connectivity index (χ1v) is 8.84. The number of methoxy groups -OCH3 is 1. The number of likely N-dealkylation sites (tertiary alicyclic amines) is 1. The van der Waals surface area contributed by atoms with Crippen LogP contribution in [0.4, 0.5) is 0 Å². The Hall–Kier alpha value is -1.26. The Bertz CT molecular complexity index is 566. The first-order valence-electron chi connectivity index (χ1n) is 8.46. The summed E-state index contributed by atoms with van der Waals surface area (Å²) in [6, 6.07) is 6.73. The third-order valence-electron chi connectivity index (χ3n) is 5.03. The summed E-state index contributed by atoms with van der Waals surface area (Å²) in [5.41, 5.74) is 1.19. The molecule has 1 atom stereocenters. The van der Waals surface area contributed by atoms with Gasteiger partial charge in [-0.15, -0.1) is 0 Å². The Kier molecular flexibility index (Phi) is 5.12. The highest BCUT2D eigenvalue weighted by molar-refractivity contribution is 6.32. The molecule has 3 rings (SSSR count). The average Bonchev–Trinajstić information content (AvgIpc) is 3.38. The van der Waals surface area contributed by atoms with Gasteiger partial charge in [0.15, 0.2) is 0 Å². The number of carbonyl (C=O) groups is 1. The topological polar surface area (TPSA) is 41.6 Å². The van der Waals surface area contributed by atoms with Crippen molar-refractivity contribution in [2.45, 2.75) is 44.7 Å². The number of amides is 1. The van der Waals surface area contributed by atoms with Crippen molar-refractivity contribution in [2.24, 2.45) is 5.92 Å². The van der Waals surface area contributed by atoms with E-state index in [1.807, 2.05) is 12.1 Å². The van der Waals surface area contributed by atoms with E-state index in [4.69, 9.17) is 16.3 Å². The average molecular weight is 337 g/mol. The molecule has 126 valence electrons. The molecule has 5 heteroatoms. The SMILES string of the molecule is COc1ccc([C@@H](C)N2CCC(C(=O)NC3CC3)CC2)cc1Cl. The Morgan fingerprint density at radius 1 is 1.30 bits per heavy atom. The lowest BCUT2D eigenvalue weighted by Crippen LogP contribution is -2.41. The first-order chi connectivity index (χ1) is 11.1. The molecule has 1 aromatic rings. The fourth-order valence-corrected chi connectivity index (χ4v) is 3.52. The molecule has 1 saturated carbocycles. The minimum absolute atomic E-state index is 0.179. The molecule has 0 aromatic heterocycles. The van der Waals surface area contributed by atoms with Crippen LogP contribution >= 0.6 is 11.6 Å². The van der Waals surface area contributed by atoms with Crippen LogP contribution in [0.25, 0.3) is 0 Å². The lowest BCUT2D eigenvalue weighted by Gasteiger charge is -2.35. The second-order valence-electron chi connectivity index (χ2n) is 6.66. The van der Waals surface area contributed by atoms with Crippen LogP contribution in [-0.2, 0) is 4.79 Å². The summed E-state index contributed by atoms with van der Waals surface area (Å²) >= 11 is 6.24. The lowest BCUT2D eigenvalue weighted by atomic mass is 9.94. The fraction of sp³-hybridized carbons (Fsp3) is 0.611. The second kappa shape index (κ2) is 7.10. The highest BCUT2D eigenvalue weighted by Crippen LogP contribution is 2.32. The predicted octanol–water partition coefficient (Wildman–Crippen LogP) is 3.40. The molecule has 1 aliphatic heterocycles. The summed E-state index contributed by atoms with van der Waals surface area (Å²) in [6.45, 7) is 4.10. The number of nitrogens with zero attached hydrogens (tertiary/aromatic N) is 1. The number of piperidine rings is 1. The number of rotatable bonds is 5. The van der Waals surface area contributed by atoms with Crippen LogP contribution in [0, 0.1) is 5.92 Å². The number of hydrogen-bond donors (Lipinski definition) is 1. The highest BCUT2D eigenvalue weighted by atomic mass is 35.5. The van der Waals surface area contributed by atoms with E-state index >= 15 is 0 Å². The van der Waals surface area contributed by atoms with E-state index < -0.39 is 0 Å². The van der Waals surface area contributed by atoms with Gasteiger partial charge in [-0.3, -0.25) is 9.69 Å². The second-order valence-corrected chi connectivity index (χ2v) is 7.07. The largest absolute Gasteiger partial charge is 0.495 e. The normalized spacial score (nSPS) is 21.0. The molecular weight excluding hydrogens is 312 g/mol. The van der Waals surface area contributed by atoms with Gasteiger partial charge in [0.05, 0.1) is 12.1 Å². The number of benzene rings is 1. The fourth-order valence-electron chi connectivity index (χ4n) is 3.25. The Balaban J connectivity index is 1.56. The molecule has 1 aromatic carbocycles. The van der Waals surface area contributed by atoms with Crippen LogP contribution in [-0.4, -0.2) is 37.0 Å². The third kappa shape index (κ3) is 3.99. The van der Waals surface area contributed by atoms with Crippen LogP contribution in [0.2, 0.25) is 5.02 Å². The first kappa shape index (κ1) is 16.6. The van der Waals surface area contributed by atoms with E-state index in [1.165, 1.54) is 5.56 Å². The molecule has 2 fully saturated rings. The van der Waals surface area contributed by atoms with Crippen molar-refractivity contribution < 1.29 is 9.53 Å². The van der Waals surface area contributed by atoms with Crippen LogP contribution in [0.3, 0.4) is 0 Å². The van der Waals surface area contributed by atoms with Crippen molar-refractivity contribution in [3.05, 3.63) is 28.8 Å². The van der Waals surface area contributed by atoms with E-state index in [0.29, 0.717) is 22.9 Å². The number of nitrogens with one attached hydrogen (secondary N) is 1. The van der Waals surface area contributed by atoms with Crippen LogP contribution in [0.1, 0.15) is 44.2 Å². The van der Waals surface area contributed by atoms with E-state index in [0.717, 1.165) is 38.8 Å². The minimum Gasteiger partial charge on any atom is -0.495 e. The monoisotopic (exact) mass is 336 g/mol. The molecule has 23 heavy (non-hydrogen) atoms. The van der Waals surface area contributed by atoms with Crippen molar-refractivity contribution in [1.29, 1.82) is 0 Å². The molecule has 2 aliphatic rings. The summed E-state index contributed by atoms with van der Waals surface area (Å²) in [6.07, 6.45) is 4.18. The predicted molar refractivity (Wildman–Crippen MR) is 91.9 cm³/mol. The Morgan fingerprint density at radius 3 is 2.57 bits per heavy atom. The van der Waals surface area contributed by atoms with Crippen LogP contribution < -0.4 is 10.1 Å². The van der Waals surface area contributed by atoms with E-state index in [-0.39, 0.29) is 11.8 Å². The smallest absolute Gasteiger partial charge is 0.223 e. The number of ether oxygens (including phenoxy) is 1. The van der Waals surface area contributed by atoms with Crippen molar-refractivity contribution in [1.82, 2.24) is 10.2 Å². The zero-order chi connectivity index (χ0) is 16.4. The molecule has 1 aliphatic carbocycles. The van der Waals surface area contributed by atoms with E-state index in [1.54, 1.807) is 7.11 Å². The van der Waals surface area contributed by atoms with Gasteiger partial charge in [-0.1, -0.05) is 17.7 Å². The van der Waals surface area contributed by atoms with E-state index in [9.17, 15) is 4.79 Å². The number of halogens is 1. The maximum atomic E-state index is 12.1. The molecule has 1 heterocycles. The summed E-state index contributed by atoms with van der Waals surface area (Å²) in [5, 5.41) is 3.78. The van der Waals surface area contributed by atoms with Gasteiger partial charge >= 0.3 is 0 Å². The minimum atomic E-state index is 0.179. The highest BCUT2D eigenvalue weighted by Gasteiger charge is 2.31. The molecule has 0 radical (unpaired) electrons. The Labute approximate surface area is 143 Å². The maximum absolute atomic E-state index is 12.1. The van der Waals surface area contributed by atoms with Gasteiger partial charge in [-0.2, -0.15) is 0 Å². The molecule has 0 bridgehead atoms. The molecule has 1 saturated heterocycles. The van der Waals surface area contributed by atoms with Gasteiger partial charge in [-0.25, -0.2) is 0 Å². The third-order valence-corrected chi connectivity index (χ3v) is 5.33. The molecule has 0 unspecified atom stereocenters. The van der Waals surface area contributed by atoms with Gasteiger partial charge in [0.2, 0.25) is 5.91 Å². The van der Waals surface area contributed by atoms with Gasteiger partial charge in [-0.05, 0) is 63.4 Å². The lowest BCUT2D eigenvalue weighted by molar-refractivity contribution is -0.126. The quantitative estimate of drug-likeness (QED) is 0.896. The number of hydrogen-bond acceptors (Lipinski definition) is 3. The molecule has 0 spiro atoms. The molecular formula is C18H25ClN2O2. The van der Waals surface area contributed by atoms with Gasteiger partial charge < -0.3 is 10.1 Å². The summed E-state index contributed by atoms with van der Waals surface area (Å²) in [5.74, 6) is 1.14.